The van der Waals surface area contributed by atoms with E-state index in [2.05, 4.69) is 5.16 Å². The van der Waals surface area contributed by atoms with Gasteiger partial charge in [-0.3, -0.25) is 0 Å². The molecule has 0 aliphatic heterocycles. The van der Waals surface area contributed by atoms with E-state index in [0.717, 1.165) is 12.2 Å². The molecule has 0 saturated heterocycles. The van der Waals surface area contributed by atoms with Crippen LogP contribution in [0.4, 0.5) is 0 Å². The summed E-state index contributed by atoms with van der Waals surface area (Å²) >= 11 is 0. The van der Waals surface area contributed by atoms with E-state index in [4.69, 9.17) is 20.4 Å². The first-order valence-corrected chi connectivity index (χ1v) is 5.55. The molecule has 94 valence electrons. The predicted molar refractivity (Wildman–Crippen MR) is 65.4 cm³/mol. The van der Waals surface area contributed by atoms with E-state index in [1.165, 1.54) is 0 Å². The lowest BCUT2D eigenvalue weighted by molar-refractivity contribution is 0.0992. The molecule has 0 aliphatic carbocycles. The first-order valence-electron chi connectivity index (χ1n) is 5.55. The van der Waals surface area contributed by atoms with Crippen LogP contribution in [0.25, 0.3) is 0 Å². The molecule has 0 unspecified atom stereocenters. The van der Waals surface area contributed by atoms with E-state index in [1.54, 1.807) is 0 Å². The lowest BCUT2D eigenvalue weighted by atomic mass is 10.3. The maximum Gasteiger partial charge on any atom is 0.139 e. The van der Waals surface area contributed by atoms with Gasteiger partial charge in [0.05, 0.1) is 6.61 Å². The largest absolute Gasteiger partial charge is 0.491 e. The van der Waals surface area contributed by atoms with Crippen LogP contribution in [0.5, 0.6) is 5.75 Å². The number of nitrogens with two attached hydrogens (primary N) is 1. The van der Waals surface area contributed by atoms with Gasteiger partial charge in [0.1, 0.15) is 18.2 Å². The molecule has 0 saturated carbocycles. The molecule has 0 bridgehead atoms. The van der Waals surface area contributed by atoms with Gasteiger partial charge in [-0.05, 0) is 18.6 Å². The van der Waals surface area contributed by atoms with Crippen molar-refractivity contribution in [1.82, 2.24) is 0 Å². The van der Waals surface area contributed by atoms with Gasteiger partial charge in [0.15, 0.2) is 0 Å². The SMILES string of the molecule is N/C(CCCOCCOc1ccccc1)=N\O. The number of ether oxygens (including phenoxy) is 2. The normalized spacial score (nSPS) is 11.4. The number of amidine groups is 1. The lowest BCUT2D eigenvalue weighted by Crippen LogP contribution is -2.13. The second-order valence-corrected chi connectivity index (χ2v) is 3.47. The summed E-state index contributed by atoms with van der Waals surface area (Å²) < 4.78 is 10.8. The van der Waals surface area contributed by atoms with Crippen LogP contribution >= 0.6 is 0 Å². The number of rotatable bonds is 8. The first-order chi connectivity index (χ1) is 8.33. The Hall–Kier alpha value is -1.75. The highest BCUT2D eigenvalue weighted by atomic mass is 16.5. The number of hydrogen-bond acceptors (Lipinski definition) is 4. The summed E-state index contributed by atoms with van der Waals surface area (Å²) in [6.45, 7) is 1.63. The van der Waals surface area contributed by atoms with Crippen LogP contribution < -0.4 is 10.5 Å². The van der Waals surface area contributed by atoms with Crippen LogP contribution in [0, 0.1) is 0 Å². The summed E-state index contributed by atoms with van der Waals surface area (Å²) in [5, 5.41) is 11.2. The molecule has 1 aromatic carbocycles. The summed E-state index contributed by atoms with van der Waals surface area (Å²) in [4.78, 5) is 0. The zero-order chi connectivity index (χ0) is 12.3. The van der Waals surface area contributed by atoms with Gasteiger partial charge in [-0.2, -0.15) is 0 Å². The quantitative estimate of drug-likeness (QED) is 0.237. The fourth-order valence-corrected chi connectivity index (χ4v) is 1.24. The van der Waals surface area contributed by atoms with E-state index in [1.807, 2.05) is 30.3 Å². The van der Waals surface area contributed by atoms with Gasteiger partial charge >= 0.3 is 0 Å². The molecule has 5 heteroatoms. The van der Waals surface area contributed by atoms with Crippen molar-refractivity contribution in [2.45, 2.75) is 12.8 Å². The Morgan fingerprint density at radius 1 is 1.18 bits per heavy atom. The molecule has 17 heavy (non-hydrogen) atoms. The number of benzene rings is 1. The Kier molecular flexibility index (Phi) is 6.59. The lowest BCUT2D eigenvalue weighted by Gasteiger charge is -2.06. The highest BCUT2D eigenvalue weighted by molar-refractivity contribution is 5.79. The van der Waals surface area contributed by atoms with Crippen LogP contribution in [-0.4, -0.2) is 30.9 Å². The average Bonchev–Trinajstić information content (AvgIpc) is 2.38. The molecule has 0 spiro atoms. The third-order valence-corrected chi connectivity index (χ3v) is 2.09. The van der Waals surface area contributed by atoms with Crippen LogP contribution in [-0.2, 0) is 4.74 Å². The maximum atomic E-state index is 8.30. The van der Waals surface area contributed by atoms with Gasteiger partial charge in [0.2, 0.25) is 0 Å². The minimum Gasteiger partial charge on any atom is -0.491 e. The number of hydrogen-bond donors (Lipinski definition) is 2. The predicted octanol–water partition coefficient (Wildman–Crippen LogP) is 1.61. The highest BCUT2D eigenvalue weighted by Gasteiger charge is 1.95. The molecule has 0 aromatic heterocycles. The smallest absolute Gasteiger partial charge is 0.139 e. The van der Waals surface area contributed by atoms with Crippen molar-refractivity contribution >= 4 is 5.84 Å². The summed E-state index contributed by atoms with van der Waals surface area (Å²) in [5.74, 6) is 1.07. The molecular weight excluding hydrogens is 220 g/mol. The summed E-state index contributed by atoms with van der Waals surface area (Å²) in [6.07, 6.45) is 1.28. The third kappa shape index (κ3) is 6.42. The number of nitrogens with zero attached hydrogens (tertiary/aromatic N) is 1. The third-order valence-electron chi connectivity index (χ3n) is 2.09. The van der Waals surface area contributed by atoms with Gasteiger partial charge < -0.3 is 20.4 Å². The van der Waals surface area contributed by atoms with Gasteiger partial charge in [0, 0.05) is 13.0 Å². The minimum atomic E-state index is 0.231. The fraction of sp³-hybridized carbons (Fsp3) is 0.417. The van der Waals surface area contributed by atoms with Crippen LogP contribution in [0.2, 0.25) is 0 Å². The Morgan fingerprint density at radius 3 is 2.65 bits per heavy atom. The van der Waals surface area contributed by atoms with Crippen molar-refractivity contribution < 1.29 is 14.7 Å². The Morgan fingerprint density at radius 2 is 1.94 bits per heavy atom. The first kappa shape index (κ1) is 13.3. The minimum absolute atomic E-state index is 0.231. The van der Waals surface area contributed by atoms with E-state index in [9.17, 15) is 0 Å². The molecular formula is C12H18N2O3. The highest BCUT2D eigenvalue weighted by Crippen LogP contribution is 2.07. The Balaban J connectivity index is 1.95. The van der Waals surface area contributed by atoms with Crippen molar-refractivity contribution in [2.75, 3.05) is 19.8 Å². The number of para-hydroxylation sites is 1. The molecule has 5 nitrogen and oxygen atoms in total. The zero-order valence-electron chi connectivity index (χ0n) is 9.71. The Labute approximate surface area is 101 Å². The van der Waals surface area contributed by atoms with Gasteiger partial charge in [-0.1, -0.05) is 23.4 Å². The van der Waals surface area contributed by atoms with Crippen molar-refractivity contribution in [3.05, 3.63) is 30.3 Å². The average molecular weight is 238 g/mol. The van der Waals surface area contributed by atoms with Crippen molar-refractivity contribution in [1.29, 1.82) is 0 Å². The number of oxime groups is 1. The second-order valence-electron chi connectivity index (χ2n) is 3.47. The molecule has 1 aromatic rings. The maximum absolute atomic E-state index is 8.30. The van der Waals surface area contributed by atoms with E-state index >= 15 is 0 Å². The summed E-state index contributed by atoms with van der Waals surface area (Å²) in [5.41, 5.74) is 5.31. The van der Waals surface area contributed by atoms with E-state index in [-0.39, 0.29) is 5.84 Å². The van der Waals surface area contributed by atoms with Crippen LogP contribution in [0.15, 0.2) is 35.5 Å². The molecule has 0 atom stereocenters. The molecule has 0 amide bonds. The molecule has 0 fully saturated rings. The van der Waals surface area contributed by atoms with Gasteiger partial charge in [-0.15, -0.1) is 0 Å². The Bertz CT molecular complexity index is 328. The molecule has 3 N–H and O–H groups in total. The fourth-order valence-electron chi connectivity index (χ4n) is 1.24. The summed E-state index contributed by atoms with van der Waals surface area (Å²) in [7, 11) is 0. The summed E-state index contributed by atoms with van der Waals surface area (Å²) in [6, 6.07) is 9.59. The molecule has 1 rings (SSSR count). The van der Waals surface area contributed by atoms with Crippen molar-refractivity contribution in [2.24, 2.45) is 10.9 Å². The van der Waals surface area contributed by atoms with E-state index < -0.39 is 0 Å². The second kappa shape index (κ2) is 8.41. The van der Waals surface area contributed by atoms with Crippen LogP contribution in [0.3, 0.4) is 0 Å². The standard InChI is InChI=1S/C12H18N2O3/c13-12(14-15)7-4-8-16-9-10-17-11-5-2-1-3-6-11/h1-3,5-6,15H,4,7-10H2,(H2,13,14). The van der Waals surface area contributed by atoms with Crippen molar-refractivity contribution in [3.63, 3.8) is 0 Å². The van der Waals surface area contributed by atoms with Gasteiger partial charge in [0.25, 0.3) is 0 Å². The molecule has 0 heterocycles. The van der Waals surface area contributed by atoms with Gasteiger partial charge in [-0.25, -0.2) is 0 Å². The molecule has 0 aliphatic rings. The topological polar surface area (TPSA) is 77.1 Å². The zero-order valence-corrected chi connectivity index (χ0v) is 9.71. The molecule has 0 radical (unpaired) electrons. The van der Waals surface area contributed by atoms with Crippen LogP contribution in [0.1, 0.15) is 12.8 Å². The van der Waals surface area contributed by atoms with Crippen molar-refractivity contribution in [3.8, 4) is 5.75 Å². The van der Waals surface area contributed by atoms with E-state index in [0.29, 0.717) is 26.2 Å². The monoisotopic (exact) mass is 238 g/mol.